The van der Waals surface area contributed by atoms with Gasteiger partial charge in [0.2, 0.25) is 0 Å². The van der Waals surface area contributed by atoms with Crippen LogP contribution in [-0.4, -0.2) is 23.4 Å². The average Bonchev–Trinajstić information content (AvgIpc) is 3.29. The van der Waals surface area contributed by atoms with Gasteiger partial charge in [-0.05, 0) is 93.5 Å². The second kappa shape index (κ2) is 8.35. The van der Waals surface area contributed by atoms with Crippen LogP contribution in [0.15, 0.2) is 35.5 Å². The summed E-state index contributed by atoms with van der Waals surface area (Å²) in [7, 11) is 0. The largest absolute Gasteiger partial charge is 0.393 e. The molecule has 0 spiro atoms. The molecule has 2 nitrogen and oxygen atoms in total. The van der Waals surface area contributed by atoms with Gasteiger partial charge < -0.3 is 9.84 Å². The van der Waals surface area contributed by atoms with E-state index in [1.54, 1.807) is 5.57 Å². The molecular formula is C27H42O2. The zero-order valence-corrected chi connectivity index (χ0v) is 19.0. The Morgan fingerprint density at radius 2 is 2.00 bits per heavy atom. The highest BCUT2D eigenvalue weighted by molar-refractivity contribution is 5.36. The fraction of sp³-hybridized carbons (Fsp3) is 0.778. The topological polar surface area (TPSA) is 32.8 Å². The number of aliphatic hydroxyl groups is 1. The first-order valence-corrected chi connectivity index (χ1v) is 12.2. The van der Waals surface area contributed by atoms with Gasteiger partial charge in [0.1, 0.15) is 0 Å². The molecule has 0 aromatic heterocycles. The molecule has 29 heavy (non-hydrogen) atoms. The van der Waals surface area contributed by atoms with E-state index in [0.717, 1.165) is 43.6 Å². The van der Waals surface area contributed by atoms with Crippen LogP contribution in [0.25, 0.3) is 0 Å². The lowest BCUT2D eigenvalue weighted by Crippen LogP contribution is -2.36. The highest BCUT2D eigenvalue weighted by Gasteiger charge is 2.50. The molecule has 0 radical (unpaired) electrons. The summed E-state index contributed by atoms with van der Waals surface area (Å²) in [5.41, 5.74) is 4.88. The normalized spacial score (nSPS) is 43.6. The van der Waals surface area contributed by atoms with Crippen molar-refractivity contribution in [2.45, 2.75) is 103 Å². The Balaban J connectivity index is 1.42. The lowest BCUT2D eigenvalue weighted by atomic mass is 9.60. The Morgan fingerprint density at radius 1 is 1.21 bits per heavy atom. The molecule has 1 aliphatic heterocycles. The second-order valence-corrected chi connectivity index (χ2v) is 11.1. The van der Waals surface area contributed by atoms with Crippen LogP contribution in [0.3, 0.4) is 0 Å². The smallest absolute Gasteiger partial charge is 0.0888 e. The summed E-state index contributed by atoms with van der Waals surface area (Å²) >= 11 is 0. The van der Waals surface area contributed by atoms with E-state index in [4.69, 9.17) is 4.74 Å². The van der Waals surface area contributed by atoms with Crippen LogP contribution in [0.1, 0.15) is 91.4 Å². The number of hydrogen-bond donors (Lipinski definition) is 1. The molecule has 0 aromatic carbocycles. The average molecular weight is 399 g/mol. The minimum Gasteiger partial charge on any atom is -0.393 e. The molecule has 4 rings (SSSR count). The van der Waals surface area contributed by atoms with Gasteiger partial charge in [-0.15, -0.1) is 0 Å². The Bertz CT molecular complexity index is 683. The summed E-state index contributed by atoms with van der Waals surface area (Å²) < 4.78 is 5.58. The summed E-state index contributed by atoms with van der Waals surface area (Å²) in [6.45, 7) is 12.6. The van der Waals surface area contributed by atoms with Crippen molar-refractivity contribution in [3.63, 3.8) is 0 Å². The molecule has 6 atom stereocenters. The molecule has 0 bridgehead atoms. The maximum absolute atomic E-state index is 10.0. The van der Waals surface area contributed by atoms with Crippen LogP contribution in [0.2, 0.25) is 0 Å². The summed E-state index contributed by atoms with van der Waals surface area (Å²) in [6, 6.07) is 0. The van der Waals surface area contributed by atoms with E-state index in [-0.39, 0.29) is 11.7 Å². The number of rotatable bonds is 6. The third-order valence-corrected chi connectivity index (χ3v) is 8.91. The molecule has 4 aliphatic rings. The third kappa shape index (κ3) is 4.59. The van der Waals surface area contributed by atoms with E-state index < -0.39 is 0 Å². The van der Waals surface area contributed by atoms with Gasteiger partial charge in [-0.1, -0.05) is 56.6 Å². The Labute approximate surface area is 178 Å². The number of ether oxygens (including phenoxy) is 1. The first-order chi connectivity index (χ1) is 13.8. The van der Waals surface area contributed by atoms with Gasteiger partial charge in [0.05, 0.1) is 18.3 Å². The van der Waals surface area contributed by atoms with Crippen molar-refractivity contribution < 1.29 is 9.84 Å². The van der Waals surface area contributed by atoms with E-state index in [2.05, 4.69) is 39.5 Å². The van der Waals surface area contributed by atoms with Crippen LogP contribution < -0.4 is 0 Å². The maximum Gasteiger partial charge on any atom is 0.0888 e. The first kappa shape index (κ1) is 21.4. The van der Waals surface area contributed by atoms with Crippen molar-refractivity contribution in [3.8, 4) is 0 Å². The molecule has 3 aliphatic carbocycles. The lowest BCUT2D eigenvalue weighted by molar-refractivity contribution is 0.0924. The zero-order chi connectivity index (χ0) is 20.6. The van der Waals surface area contributed by atoms with Crippen LogP contribution in [0.4, 0.5) is 0 Å². The fourth-order valence-corrected chi connectivity index (χ4v) is 6.88. The molecule has 4 fully saturated rings. The van der Waals surface area contributed by atoms with Gasteiger partial charge in [-0.3, -0.25) is 0 Å². The number of fused-ring (bicyclic) bond motifs is 1. The van der Waals surface area contributed by atoms with E-state index in [1.165, 1.54) is 62.5 Å². The molecule has 1 saturated heterocycles. The fourth-order valence-electron chi connectivity index (χ4n) is 6.88. The molecule has 3 saturated carbocycles. The number of hydrogen-bond acceptors (Lipinski definition) is 2. The molecular weight excluding hydrogens is 356 g/mol. The minimum absolute atomic E-state index is 0.179. The lowest BCUT2D eigenvalue weighted by Gasteiger charge is -2.44. The monoisotopic (exact) mass is 398 g/mol. The molecule has 2 heteroatoms. The van der Waals surface area contributed by atoms with Gasteiger partial charge in [0, 0.05) is 0 Å². The van der Waals surface area contributed by atoms with Crippen LogP contribution in [0, 0.1) is 23.2 Å². The van der Waals surface area contributed by atoms with Crippen molar-refractivity contribution in [3.05, 3.63) is 35.5 Å². The summed E-state index contributed by atoms with van der Waals surface area (Å²) in [5, 5.41) is 10.0. The Morgan fingerprint density at radius 3 is 2.76 bits per heavy atom. The van der Waals surface area contributed by atoms with Gasteiger partial charge in [0.15, 0.2) is 0 Å². The van der Waals surface area contributed by atoms with Crippen LogP contribution in [-0.2, 0) is 4.74 Å². The predicted octanol–water partition coefficient (Wildman–Crippen LogP) is 6.75. The van der Waals surface area contributed by atoms with Gasteiger partial charge >= 0.3 is 0 Å². The van der Waals surface area contributed by atoms with Crippen molar-refractivity contribution in [2.75, 3.05) is 6.61 Å². The van der Waals surface area contributed by atoms with Crippen molar-refractivity contribution in [2.24, 2.45) is 23.2 Å². The zero-order valence-electron chi connectivity index (χ0n) is 19.0. The Hall–Kier alpha value is -0.860. The van der Waals surface area contributed by atoms with E-state index in [0.29, 0.717) is 5.41 Å². The minimum atomic E-state index is -0.179. The first-order valence-electron chi connectivity index (χ1n) is 12.2. The van der Waals surface area contributed by atoms with E-state index >= 15 is 0 Å². The van der Waals surface area contributed by atoms with Crippen molar-refractivity contribution in [1.82, 2.24) is 0 Å². The number of allylic oxidation sites excluding steroid dienone is 4. The van der Waals surface area contributed by atoms with Crippen LogP contribution >= 0.6 is 0 Å². The molecule has 1 N–H and O–H groups in total. The van der Waals surface area contributed by atoms with Gasteiger partial charge in [-0.25, -0.2) is 0 Å². The predicted molar refractivity (Wildman–Crippen MR) is 121 cm³/mol. The van der Waals surface area contributed by atoms with Gasteiger partial charge in [0.25, 0.3) is 0 Å². The highest BCUT2D eigenvalue weighted by Crippen LogP contribution is 2.60. The maximum atomic E-state index is 10.0. The second-order valence-electron chi connectivity index (χ2n) is 11.1. The highest BCUT2D eigenvalue weighted by atomic mass is 16.6. The SMILES string of the molecule is C=C1CC[C@H](O)C/C1=C/C=C1\CCC[C@]2(C)[C@@H]([C@H](C)CCCC3(C)CO3)CC[C@@H]12. The quantitative estimate of drug-likeness (QED) is 0.502. The number of aliphatic hydroxyl groups excluding tert-OH is 1. The molecule has 0 aromatic rings. The van der Waals surface area contributed by atoms with E-state index in [1.807, 2.05) is 0 Å². The molecule has 1 unspecified atom stereocenters. The summed E-state index contributed by atoms with van der Waals surface area (Å²) in [4.78, 5) is 0. The summed E-state index contributed by atoms with van der Waals surface area (Å²) in [5.74, 6) is 2.44. The van der Waals surface area contributed by atoms with Crippen molar-refractivity contribution >= 4 is 0 Å². The molecule has 1 heterocycles. The van der Waals surface area contributed by atoms with Gasteiger partial charge in [-0.2, -0.15) is 0 Å². The number of epoxide rings is 1. The van der Waals surface area contributed by atoms with Crippen molar-refractivity contribution in [1.29, 1.82) is 0 Å². The molecule has 0 amide bonds. The third-order valence-electron chi connectivity index (χ3n) is 8.91. The van der Waals surface area contributed by atoms with Crippen LogP contribution in [0.5, 0.6) is 0 Å². The summed E-state index contributed by atoms with van der Waals surface area (Å²) in [6.07, 6.45) is 17.8. The standard InChI is InChI=1S/C27H42O2/c1-19-9-12-23(28)17-22(19)11-10-21-8-6-16-27(4)24(13-14-25(21)27)20(2)7-5-15-26(3)18-29-26/h10-11,20,23-25,28H,1,5-9,12-18H2,2-4H3/b21-10+,22-11-/t20-,23+,24-,25+,26?,27-/m1/s1. The van der Waals surface area contributed by atoms with E-state index in [9.17, 15) is 5.11 Å². The Kier molecular flexibility index (Phi) is 6.15. The molecule has 162 valence electrons.